The number of hydrogen-bond donors (Lipinski definition) is 3. The summed E-state index contributed by atoms with van der Waals surface area (Å²) in [5.41, 5.74) is 8.16. The van der Waals surface area contributed by atoms with E-state index in [0.717, 1.165) is 6.07 Å². The van der Waals surface area contributed by atoms with Gasteiger partial charge in [0.15, 0.2) is 0 Å². The van der Waals surface area contributed by atoms with Crippen molar-refractivity contribution >= 4 is 11.7 Å². The third kappa shape index (κ3) is 5.45. The summed E-state index contributed by atoms with van der Waals surface area (Å²) in [7, 11) is 0. The Morgan fingerprint density at radius 3 is 2.66 bits per heavy atom. The van der Waals surface area contributed by atoms with E-state index in [1.165, 1.54) is 30.5 Å². The van der Waals surface area contributed by atoms with Crippen LogP contribution in [0.15, 0.2) is 42.6 Å². The van der Waals surface area contributed by atoms with Crippen LogP contribution in [-0.4, -0.2) is 33.3 Å². The second-order valence-electron chi connectivity index (χ2n) is 9.07. The van der Waals surface area contributed by atoms with Gasteiger partial charge < -0.3 is 16.2 Å². The number of nitrogens with zero attached hydrogens (tertiary/aromatic N) is 2. The molecule has 6 nitrogen and oxygen atoms in total. The number of rotatable bonds is 5. The van der Waals surface area contributed by atoms with Crippen molar-refractivity contribution in [1.82, 2.24) is 15.3 Å². The fraction of sp³-hybridized carbons (Fsp3) is 0.346. The molecule has 35 heavy (non-hydrogen) atoms. The lowest BCUT2D eigenvalue weighted by atomic mass is 9.84. The summed E-state index contributed by atoms with van der Waals surface area (Å²) >= 11 is 0. The monoisotopic (exact) mass is 484 g/mol. The van der Waals surface area contributed by atoms with Crippen molar-refractivity contribution in [2.75, 3.05) is 5.73 Å². The van der Waals surface area contributed by atoms with Gasteiger partial charge in [0.2, 0.25) is 0 Å². The second kappa shape index (κ2) is 10.0. The molecule has 1 aliphatic rings. The van der Waals surface area contributed by atoms with Crippen LogP contribution in [0.3, 0.4) is 0 Å². The van der Waals surface area contributed by atoms with Crippen molar-refractivity contribution in [3.8, 4) is 11.3 Å². The summed E-state index contributed by atoms with van der Waals surface area (Å²) in [5, 5.41) is 12.3. The number of alkyl halides is 1. The van der Waals surface area contributed by atoms with E-state index in [2.05, 4.69) is 15.3 Å². The Kier molecular flexibility index (Phi) is 7.07. The maximum atomic E-state index is 15.0. The van der Waals surface area contributed by atoms with Gasteiger partial charge in [-0.2, -0.15) is 0 Å². The van der Waals surface area contributed by atoms with E-state index in [0.29, 0.717) is 35.2 Å². The molecule has 1 saturated carbocycles. The van der Waals surface area contributed by atoms with Crippen LogP contribution in [0.5, 0.6) is 0 Å². The van der Waals surface area contributed by atoms with Gasteiger partial charge in [-0.1, -0.05) is 12.1 Å². The highest BCUT2D eigenvalue weighted by molar-refractivity contribution is 5.95. The summed E-state index contributed by atoms with van der Waals surface area (Å²) in [4.78, 5) is 21.4. The molecule has 0 bridgehead atoms. The maximum absolute atomic E-state index is 15.0. The van der Waals surface area contributed by atoms with E-state index in [-0.39, 0.29) is 29.4 Å². The first-order valence-corrected chi connectivity index (χ1v) is 11.4. The number of carbonyl (C=O) groups is 1. The van der Waals surface area contributed by atoms with Crippen molar-refractivity contribution in [2.24, 2.45) is 0 Å². The molecule has 1 aliphatic carbocycles. The average molecular weight is 485 g/mol. The second-order valence-corrected chi connectivity index (χ2v) is 9.07. The van der Waals surface area contributed by atoms with Crippen LogP contribution < -0.4 is 11.1 Å². The Labute approximate surface area is 201 Å². The molecule has 4 unspecified atom stereocenters. The van der Waals surface area contributed by atoms with Gasteiger partial charge in [-0.3, -0.25) is 4.79 Å². The number of aliphatic hydroxyl groups is 1. The number of anilines is 1. The predicted molar refractivity (Wildman–Crippen MR) is 126 cm³/mol. The number of nitrogen functional groups attached to an aromatic ring is 1. The molecule has 0 saturated heterocycles. The van der Waals surface area contributed by atoms with Crippen molar-refractivity contribution in [1.29, 1.82) is 0 Å². The zero-order chi connectivity index (χ0) is 25.3. The number of benzene rings is 2. The van der Waals surface area contributed by atoms with Crippen LogP contribution in [0.4, 0.5) is 19.0 Å². The van der Waals surface area contributed by atoms with Gasteiger partial charge in [-0.05, 0) is 68.5 Å². The fourth-order valence-corrected chi connectivity index (χ4v) is 4.41. The third-order valence-corrected chi connectivity index (χ3v) is 6.37. The van der Waals surface area contributed by atoms with Crippen LogP contribution in [0, 0.1) is 18.6 Å². The summed E-state index contributed by atoms with van der Waals surface area (Å²) in [6.45, 7) is 3.43. The summed E-state index contributed by atoms with van der Waals surface area (Å²) in [6.07, 6.45) is 0.144. The Bertz CT molecular complexity index is 1230. The van der Waals surface area contributed by atoms with Gasteiger partial charge in [0.05, 0.1) is 29.6 Å². The summed E-state index contributed by atoms with van der Waals surface area (Å²) in [6, 6.07) is 7.91. The zero-order valence-corrected chi connectivity index (χ0v) is 19.4. The van der Waals surface area contributed by atoms with Crippen molar-refractivity contribution in [3.63, 3.8) is 0 Å². The van der Waals surface area contributed by atoms with Crippen LogP contribution in [0.2, 0.25) is 0 Å². The van der Waals surface area contributed by atoms with Crippen LogP contribution >= 0.6 is 0 Å². The Balaban J connectivity index is 1.54. The normalized spacial score (nSPS) is 20.9. The van der Waals surface area contributed by atoms with Crippen molar-refractivity contribution in [3.05, 3.63) is 76.6 Å². The molecule has 4 N–H and O–H groups in total. The van der Waals surface area contributed by atoms with Crippen molar-refractivity contribution in [2.45, 2.75) is 57.3 Å². The smallest absolute Gasteiger partial charge is 0.254 e. The van der Waals surface area contributed by atoms with E-state index >= 15 is 0 Å². The van der Waals surface area contributed by atoms with Crippen LogP contribution in [0.1, 0.15) is 65.3 Å². The molecule has 3 aromatic rings. The molecule has 1 amide bonds. The molecule has 9 heteroatoms. The summed E-state index contributed by atoms with van der Waals surface area (Å²) in [5.74, 6) is -2.00. The van der Waals surface area contributed by atoms with Gasteiger partial charge in [-0.25, -0.2) is 23.1 Å². The highest BCUT2D eigenvalue weighted by Gasteiger charge is 2.31. The molecular weight excluding hydrogens is 457 g/mol. The lowest BCUT2D eigenvalue weighted by Crippen LogP contribution is -2.30. The Morgan fingerprint density at radius 1 is 1.20 bits per heavy atom. The molecule has 4 atom stereocenters. The predicted octanol–water partition coefficient (Wildman–Crippen LogP) is 4.77. The minimum absolute atomic E-state index is 0.0769. The zero-order valence-electron chi connectivity index (χ0n) is 19.4. The number of aromatic nitrogens is 2. The summed E-state index contributed by atoms with van der Waals surface area (Å²) < 4.78 is 42.7. The standard InChI is InChI=1S/C26H27F3N4O2/c1-13-7-17(9-18(27)8-13)14(2)32-26(35)19-5-3-16(11-20(19)28)24-25(30)31-12-22(33-24)15-4-6-23(34)21(29)10-15/h3,5,7-9,11-12,14-15,21,23,34H,4,6,10H2,1-2H3,(H2,30,31)(H,32,35). The topological polar surface area (TPSA) is 101 Å². The minimum Gasteiger partial charge on any atom is -0.390 e. The average Bonchev–Trinajstić information content (AvgIpc) is 2.80. The lowest BCUT2D eigenvalue weighted by molar-refractivity contribution is 0.0363. The van der Waals surface area contributed by atoms with E-state index in [4.69, 9.17) is 5.73 Å². The number of aryl methyl sites for hydroxylation is 1. The molecule has 1 heterocycles. The maximum Gasteiger partial charge on any atom is 0.254 e. The first-order valence-electron chi connectivity index (χ1n) is 11.4. The number of nitrogens with two attached hydrogens (primary N) is 1. The first kappa shape index (κ1) is 24.7. The third-order valence-electron chi connectivity index (χ3n) is 6.37. The first-order chi connectivity index (χ1) is 16.6. The molecule has 184 valence electrons. The fourth-order valence-electron chi connectivity index (χ4n) is 4.41. The number of carbonyl (C=O) groups excluding carboxylic acids is 1. The van der Waals surface area contributed by atoms with Crippen molar-refractivity contribution < 1.29 is 23.1 Å². The minimum atomic E-state index is -1.34. The number of aliphatic hydroxyl groups excluding tert-OH is 1. The van der Waals surface area contributed by atoms with E-state index in [1.807, 2.05) is 0 Å². The number of halogens is 3. The molecule has 4 rings (SSSR count). The van der Waals surface area contributed by atoms with Gasteiger partial charge in [0, 0.05) is 11.5 Å². The number of amides is 1. The van der Waals surface area contributed by atoms with Gasteiger partial charge in [0.25, 0.3) is 5.91 Å². The quantitative estimate of drug-likeness (QED) is 0.484. The molecule has 1 aromatic heterocycles. The number of hydrogen-bond acceptors (Lipinski definition) is 5. The van der Waals surface area contributed by atoms with E-state index in [1.54, 1.807) is 19.9 Å². The Hall–Kier alpha value is -3.46. The largest absolute Gasteiger partial charge is 0.390 e. The SMILES string of the molecule is Cc1cc(F)cc(C(C)NC(=O)c2ccc(-c3nc(C4CCC(O)C(F)C4)cnc3N)cc2F)c1. The molecule has 2 aromatic carbocycles. The molecule has 0 spiro atoms. The van der Waals surface area contributed by atoms with E-state index < -0.39 is 35.9 Å². The highest BCUT2D eigenvalue weighted by Crippen LogP contribution is 2.35. The molecule has 0 radical (unpaired) electrons. The van der Waals surface area contributed by atoms with Crippen LogP contribution in [-0.2, 0) is 0 Å². The van der Waals surface area contributed by atoms with E-state index in [9.17, 15) is 23.1 Å². The lowest BCUT2D eigenvalue weighted by Gasteiger charge is -2.28. The Morgan fingerprint density at radius 2 is 1.97 bits per heavy atom. The highest BCUT2D eigenvalue weighted by atomic mass is 19.1. The molecule has 1 fully saturated rings. The molecular formula is C26H27F3N4O2. The molecule has 0 aliphatic heterocycles. The van der Waals surface area contributed by atoms with Gasteiger partial charge >= 0.3 is 0 Å². The van der Waals surface area contributed by atoms with Crippen LogP contribution in [0.25, 0.3) is 11.3 Å². The number of nitrogens with one attached hydrogen (secondary N) is 1. The van der Waals surface area contributed by atoms with Gasteiger partial charge in [0.1, 0.15) is 29.3 Å². The van der Waals surface area contributed by atoms with Gasteiger partial charge in [-0.15, -0.1) is 0 Å².